The molecule has 9 rings (SSSR count). The van der Waals surface area contributed by atoms with E-state index >= 15 is 0 Å². The Kier molecular flexibility index (Phi) is 3.13. The summed E-state index contributed by atoms with van der Waals surface area (Å²) in [5, 5.41) is 4.84. The van der Waals surface area contributed by atoms with Crippen molar-refractivity contribution in [2.45, 2.75) is 5.92 Å². The number of para-hydroxylation sites is 1. The summed E-state index contributed by atoms with van der Waals surface area (Å²) in [7, 11) is 0. The number of rotatable bonds is 0. The second-order valence-electron chi connectivity index (χ2n) is 9.95. The second kappa shape index (κ2) is 6.07. The maximum absolute atomic E-state index is 13.9. The zero-order valence-electron chi connectivity index (χ0n) is 19.1. The Balaban J connectivity index is 1.48. The summed E-state index contributed by atoms with van der Waals surface area (Å²) in [6, 6.07) is 32.7. The van der Waals surface area contributed by atoms with Crippen molar-refractivity contribution < 1.29 is 4.79 Å². The van der Waals surface area contributed by atoms with E-state index in [2.05, 4.69) is 48.5 Å². The van der Waals surface area contributed by atoms with E-state index in [9.17, 15) is 9.59 Å². The highest BCUT2D eigenvalue weighted by Crippen LogP contribution is 2.54. The van der Waals surface area contributed by atoms with Crippen molar-refractivity contribution in [1.29, 1.82) is 0 Å². The highest BCUT2D eigenvalue weighted by Gasteiger charge is 2.41. The van der Waals surface area contributed by atoms with E-state index in [1.165, 1.54) is 0 Å². The third-order valence-corrected chi connectivity index (χ3v) is 8.35. The van der Waals surface area contributed by atoms with Gasteiger partial charge in [0.25, 0.3) is 5.56 Å². The fourth-order valence-corrected chi connectivity index (χ4v) is 6.92. The quantitative estimate of drug-likeness (QED) is 0.226. The van der Waals surface area contributed by atoms with Gasteiger partial charge in [-0.3, -0.25) is 14.0 Å². The van der Waals surface area contributed by atoms with Crippen molar-refractivity contribution in [1.82, 2.24) is 4.40 Å². The number of nitrogens with zero attached hydrogens (tertiary/aromatic N) is 1. The molecule has 166 valence electrons. The minimum Gasteiger partial charge on any atom is -0.293 e. The van der Waals surface area contributed by atoms with Gasteiger partial charge in [-0.05, 0) is 57.0 Å². The standard InChI is InChI=1S/C33H17NO2/c35-32-23-9-3-1-7-17(23)19-11-5-12-20-25-16-28-26(15-27(25)30(32)29(19)20)22-14-6-13-21-18-8-2-4-10-24(18)33(36)34(28)31(21)22/h1-16,30H. The van der Waals surface area contributed by atoms with Crippen LogP contribution in [0.2, 0.25) is 0 Å². The van der Waals surface area contributed by atoms with Gasteiger partial charge in [0.05, 0.1) is 17.0 Å². The fraction of sp³-hybridized carbons (Fsp3) is 0.0303. The molecular weight excluding hydrogens is 442 g/mol. The molecule has 0 saturated carbocycles. The zero-order chi connectivity index (χ0) is 23.7. The molecule has 3 heteroatoms. The molecule has 1 unspecified atom stereocenters. The van der Waals surface area contributed by atoms with Crippen LogP contribution in [-0.2, 0) is 0 Å². The minimum atomic E-state index is -0.315. The Hall–Kier alpha value is -4.76. The van der Waals surface area contributed by atoms with Crippen LogP contribution in [0.1, 0.15) is 27.4 Å². The van der Waals surface area contributed by atoms with Crippen LogP contribution < -0.4 is 5.56 Å². The molecule has 0 fully saturated rings. The predicted molar refractivity (Wildman–Crippen MR) is 144 cm³/mol. The number of aromatic nitrogens is 1. The smallest absolute Gasteiger partial charge is 0.263 e. The summed E-state index contributed by atoms with van der Waals surface area (Å²) in [5.41, 5.74) is 9.07. The van der Waals surface area contributed by atoms with E-state index < -0.39 is 0 Å². The lowest BCUT2D eigenvalue weighted by Crippen LogP contribution is -2.18. The van der Waals surface area contributed by atoms with E-state index in [0.717, 1.165) is 76.9 Å². The van der Waals surface area contributed by atoms with Crippen LogP contribution in [0.4, 0.5) is 0 Å². The molecule has 2 aliphatic rings. The number of fused-ring (bicyclic) bond motifs is 10. The Labute approximate surface area is 205 Å². The highest BCUT2D eigenvalue weighted by atomic mass is 16.1. The molecule has 1 atom stereocenters. The van der Waals surface area contributed by atoms with Gasteiger partial charge in [-0.2, -0.15) is 0 Å². The van der Waals surface area contributed by atoms with Gasteiger partial charge in [-0.1, -0.05) is 78.9 Å². The average Bonchev–Trinajstić information content (AvgIpc) is 3.43. The molecule has 2 aromatic heterocycles. The van der Waals surface area contributed by atoms with Crippen LogP contribution in [0.15, 0.2) is 102 Å². The molecule has 2 heterocycles. The number of carbonyl (C=O) groups is 1. The van der Waals surface area contributed by atoms with Gasteiger partial charge in [0.1, 0.15) is 0 Å². The molecule has 2 aliphatic carbocycles. The van der Waals surface area contributed by atoms with Crippen LogP contribution in [-0.4, -0.2) is 10.2 Å². The lowest BCUT2D eigenvalue weighted by molar-refractivity contribution is 0.0974. The predicted octanol–water partition coefficient (Wildman–Crippen LogP) is 7.17. The van der Waals surface area contributed by atoms with Gasteiger partial charge in [-0.25, -0.2) is 0 Å². The molecule has 7 aromatic rings. The maximum Gasteiger partial charge on any atom is 0.263 e. The SMILES string of the molecule is O=C1c2ccccc2-c2cccc3c2C1c1cc2c4cccc5c6ccccc6c(=O)n(c2cc1-3)c54. The van der Waals surface area contributed by atoms with Crippen molar-refractivity contribution in [2.75, 3.05) is 0 Å². The van der Waals surface area contributed by atoms with Gasteiger partial charge in [-0.15, -0.1) is 0 Å². The first kappa shape index (κ1) is 18.6. The Morgan fingerprint density at radius 1 is 0.528 bits per heavy atom. The third-order valence-electron chi connectivity index (χ3n) is 8.35. The molecule has 36 heavy (non-hydrogen) atoms. The molecule has 3 nitrogen and oxygen atoms in total. The molecule has 0 amide bonds. The van der Waals surface area contributed by atoms with E-state index in [0.29, 0.717) is 0 Å². The summed E-state index contributed by atoms with van der Waals surface area (Å²) in [6.07, 6.45) is 0. The van der Waals surface area contributed by atoms with Crippen molar-refractivity contribution in [3.05, 3.63) is 124 Å². The number of benzene rings is 5. The first-order chi connectivity index (χ1) is 17.7. The van der Waals surface area contributed by atoms with Gasteiger partial charge in [0.2, 0.25) is 0 Å². The molecular formula is C33H17NO2. The Morgan fingerprint density at radius 2 is 1.14 bits per heavy atom. The number of pyridine rings is 1. The molecule has 0 radical (unpaired) electrons. The van der Waals surface area contributed by atoms with Crippen LogP contribution in [0.5, 0.6) is 0 Å². The van der Waals surface area contributed by atoms with Crippen LogP contribution in [0, 0.1) is 0 Å². The van der Waals surface area contributed by atoms with E-state index in [1.807, 2.05) is 52.9 Å². The van der Waals surface area contributed by atoms with Gasteiger partial charge in [0, 0.05) is 27.1 Å². The van der Waals surface area contributed by atoms with Gasteiger partial charge in [0.15, 0.2) is 5.78 Å². The van der Waals surface area contributed by atoms with Crippen LogP contribution >= 0.6 is 0 Å². The summed E-state index contributed by atoms with van der Waals surface area (Å²) in [4.78, 5) is 27.7. The number of carbonyl (C=O) groups excluding carboxylic acids is 1. The maximum atomic E-state index is 13.9. The molecule has 0 spiro atoms. The van der Waals surface area contributed by atoms with Crippen molar-refractivity contribution in [3.63, 3.8) is 0 Å². The monoisotopic (exact) mass is 459 g/mol. The largest absolute Gasteiger partial charge is 0.293 e. The van der Waals surface area contributed by atoms with Crippen molar-refractivity contribution in [3.8, 4) is 22.3 Å². The summed E-state index contributed by atoms with van der Waals surface area (Å²) < 4.78 is 1.88. The molecule has 0 aliphatic heterocycles. The summed E-state index contributed by atoms with van der Waals surface area (Å²) >= 11 is 0. The normalized spacial score (nSPS) is 15.7. The molecule has 0 N–H and O–H groups in total. The second-order valence-corrected chi connectivity index (χ2v) is 9.95. The number of hydrogen-bond donors (Lipinski definition) is 0. The average molecular weight is 460 g/mol. The minimum absolute atomic E-state index is 0.000527. The van der Waals surface area contributed by atoms with Crippen LogP contribution in [0.25, 0.3) is 60.2 Å². The van der Waals surface area contributed by atoms with Gasteiger partial charge < -0.3 is 0 Å². The van der Waals surface area contributed by atoms with E-state index in [4.69, 9.17) is 0 Å². The lowest BCUT2D eigenvalue weighted by Gasteiger charge is -2.24. The summed E-state index contributed by atoms with van der Waals surface area (Å²) in [5.74, 6) is -0.161. The molecule has 5 aromatic carbocycles. The molecule has 0 saturated heterocycles. The Morgan fingerprint density at radius 3 is 1.97 bits per heavy atom. The molecule has 0 bridgehead atoms. The Bertz CT molecular complexity index is 2200. The highest BCUT2D eigenvalue weighted by molar-refractivity contribution is 6.22. The third kappa shape index (κ3) is 1.95. The first-order valence-corrected chi connectivity index (χ1v) is 12.2. The van der Waals surface area contributed by atoms with Crippen molar-refractivity contribution in [2.24, 2.45) is 0 Å². The topological polar surface area (TPSA) is 38.5 Å². The number of ketones is 1. The summed E-state index contributed by atoms with van der Waals surface area (Å²) in [6.45, 7) is 0. The fourth-order valence-electron chi connectivity index (χ4n) is 6.92. The number of hydrogen-bond acceptors (Lipinski definition) is 2. The zero-order valence-corrected chi connectivity index (χ0v) is 19.1. The van der Waals surface area contributed by atoms with Crippen LogP contribution in [0.3, 0.4) is 0 Å². The van der Waals surface area contributed by atoms with Gasteiger partial charge >= 0.3 is 0 Å². The first-order valence-electron chi connectivity index (χ1n) is 12.2. The van der Waals surface area contributed by atoms with E-state index in [-0.39, 0.29) is 17.3 Å². The van der Waals surface area contributed by atoms with Crippen molar-refractivity contribution >= 4 is 43.7 Å². The number of Topliss-reactive ketones (excluding diaryl/α,β-unsaturated/α-hetero) is 1. The lowest BCUT2D eigenvalue weighted by atomic mass is 9.77. The van der Waals surface area contributed by atoms with E-state index in [1.54, 1.807) is 0 Å².